The molecule has 0 aliphatic carbocycles. The van der Waals surface area contributed by atoms with Gasteiger partial charge in [0.15, 0.2) is 0 Å². The van der Waals surface area contributed by atoms with Crippen molar-refractivity contribution in [2.24, 2.45) is 0 Å². The van der Waals surface area contributed by atoms with E-state index < -0.39 is 0 Å². The molecule has 0 spiro atoms. The Morgan fingerprint density at radius 2 is 1.83 bits per heavy atom. The third kappa shape index (κ3) is 24.9. The van der Waals surface area contributed by atoms with Crippen molar-refractivity contribution in [1.29, 1.82) is 0 Å². The third-order valence-corrected chi connectivity index (χ3v) is 0.204. The van der Waals surface area contributed by atoms with Crippen LogP contribution in [0.4, 0.5) is 0 Å². The van der Waals surface area contributed by atoms with E-state index >= 15 is 0 Å². The Hall–Kier alpha value is 0.473. The van der Waals surface area contributed by atoms with Crippen LogP contribution in [0.25, 0.3) is 0 Å². The second kappa shape index (κ2) is 17.9. The van der Waals surface area contributed by atoms with E-state index in [-0.39, 0.29) is 31.9 Å². The molecule has 0 heterocycles. The molecule has 0 atom stereocenters. The smallest absolute Gasteiger partial charge is 0.00576 e. The summed E-state index contributed by atoms with van der Waals surface area (Å²) in [5.74, 6) is 2.43. The molecule has 0 saturated carbocycles. The summed E-state index contributed by atoms with van der Waals surface area (Å²) in [6, 6.07) is 0. The van der Waals surface area contributed by atoms with Crippen LogP contribution in [0.5, 0.6) is 0 Å². The second-order valence-corrected chi connectivity index (χ2v) is 0.558. The van der Waals surface area contributed by atoms with Gasteiger partial charge < -0.3 is 0 Å². The van der Waals surface area contributed by atoms with Gasteiger partial charge in [0.25, 0.3) is 0 Å². The molecule has 0 aromatic heterocycles. The molecule has 0 amide bonds. The SMILES string of the molecule is C#CCC.Cl.[Ru]. The summed E-state index contributed by atoms with van der Waals surface area (Å²) in [7, 11) is 0. The van der Waals surface area contributed by atoms with Crippen LogP contribution < -0.4 is 0 Å². The number of hydrogen-bond acceptors (Lipinski definition) is 0. The van der Waals surface area contributed by atoms with Crippen molar-refractivity contribution < 1.29 is 19.5 Å². The van der Waals surface area contributed by atoms with Crippen molar-refractivity contribution in [2.45, 2.75) is 13.3 Å². The van der Waals surface area contributed by atoms with Gasteiger partial charge in [-0.25, -0.2) is 0 Å². The summed E-state index contributed by atoms with van der Waals surface area (Å²) in [4.78, 5) is 0. The van der Waals surface area contributed by atoms with Crippen molar-refractivity contribution in [2.75, 3.05) is 0 Å². The van der Waals surface area contributed by atoms with Gasteiger partial charge in [0.2, 0.25) is 0 Å². The van der Waals surface area contributed by atoms with Crippen LogP contribution in [0, 0.1) is 12.3 Å². The largest absolute Gasteiger partial charge is 0.147 e. The van der Waals surface area contributed by atoms with Gasteiger partial charge in [-0.1, -0.05) is 6.92 Å². The van der Waals surface area contributed by atoms with Gasteiger partial charge in [-0.2, -0.15) is 0 Å². The fourth-order valence-electron chi connectivity index (χ4n) is 0. The minimum atomic E-state index is 0. The molecule has 0 aliphatic rings. The van der Waals surface area contributed by atoms with Crippen molar-refractivity contribution in [3.8, 4) is 12.3 Å². The van der Waals surface area contributed by atoms with Crippen molar-refractivity contribution in [1.82, 2.24) is 0 Å². The zero-order valence-electron chi connectivity index (χ0n) is 3.55. The molecule has 6 heavy (non-hydrogen) atoms. The van der Waals surface area contributed by atoms with Gasteiger partial charge in [-0.15, -0.1) is 24.8 Å². The summed E-state index contributed by atoms with van der Waals surface area (Å²) in [6.45, 7) is 1.94. The Labute approximate surface area is 57.9 Å². The molecule has 0 N–H and O–H groups in total. The molecule has 0 aromatic rings. The van der Waals surface area contributed by atoms with E-state index in [1.165, 1.54) is 0 Å². The van der Waals surface area contributed by atoms with Gasteiger partial charge in [0.05, 0.1) is 0 Å². The maximum absolute atomic E-state index is 4.78. The Balaban J connectivity index is -0.0000000450. The molecule has 0 bridgehead atoms. The summed E-state index contributed by atoms with van der Waals surface area (Å²) in [5, 5.41) is 0. The molecule has 0 rings (SSSR count). The van der Waals surface area contributed by atoms with Crippen LogP contribution in [0.15, 0.2) is 0 Å². The van der Waals surface area contributed by atoms with E-state index in [0.29, 0.717) is 0 Å². The van der Waals surface area contributed by atoms with Crippen LogP contribution >= 0.6 is 12.4 Å². The molecule has 0 unspecified atom stereocenters. The monoisotopic (exact) mass is 192 g/mol. The standard InChI is InChI=1S/C4H6.ClH.Ru/c1-3-4-2;;/h1H,4H2,2H3;1H;. The van der Waals surface area contributed by atoms with Crippen molar-refractivity contribution >= 4 is 12.4 Å². The topological polar surface area (TPSA) is 0 Å². The molecule has 0 aromatic carbocycles. The molecule has 0 radical (unpaired) electrons. The predicted octanol–water partition coefficient (Wildman–Crippen LogP) is 1.45. The number of hydrogen-bond donors (Lipinski definition) is 0. The van der Waals surface area contributed by atoms with Gasteiger partial charge in [0.1, 0.15) is 0 Å². The Morgan fingerprint density at radius 1 is 1.67 bits per heavy atom. The summed E-state index contributed by atoms with van der Waals surface area (Å²) in [6.07, 6.45) is 5.62. The van der Waals surface area contributed by atoms with Crippen molar-refractivity contribution in [3.05, 3.63) is 0 Å². The average Bonchev–Trinajstić information content (AvgIpc) is 1.37. The minimum absolute atomic E-state index is 0. The molecule has 0 aliphatic heterocycles. The Kier molecular flexibility index (Phi) is 48.0. The van der Waals surface area contributed by atoms with E-state index in [1.807, 2.05) is 6.92 Å². The number of rotatable bonds is 0. The second-order valence-electron chi connectivity index (χ2n) is 0.558. The maximum atomic E-state index is 4.78. The van der Waals surface area contributed by atoms with E-state index in [2.05, 4.69) is 5.92 Å². The van der Waals surface area contributed by atoms with E-state index in [1.54, 1.807) is 0 Å². The van der Waals surface area contributed by atoms with Crippen LogP contribution in [-0.2, 0) is 19.5 Å². The summed E-state index contributed by atoms with van der Waals surface area (Å²) >= 11 is 0. The molecule has 0 fully saturated rings. The average molecular weight is 192 g/mol. The molecular formula is C4H7ClRu. The molecule has 0 saturated heterocycles. The number of halogens is 1. The van der Waals surface area contributed by atoms with Gasteiger partial charge in [-0.3, -0.25) is 0 Å². The predicted molar refractivity (Wildman–Crippen MR) is 26.4 cm³/mol. The Morgan fingerprint density at radius 3 is 1.83 bits per heavy atom. The zero-order chi connectivity index (χ0) is 3.41. The van der Waals surface area contributed by atoms with E-state index in [9.17, 15) is 0 Å². The van der Waals surface area contributed by atoms with E-state index in [0.717, 1.165) is 6.42 Å². The quantitative estimate of drug-likeness (QED) is 0.402. The van der Waals surface area contributed by atoms with Crippen LogP contribution in [0.1, 0.15) is 13.3 Å². The van der Waals surface area contributed by atoms with Crippen molar-refractivity contribution in [3.63, 3.8) is 0 Å². The van der Waals surface area contributed by atoms with Gasteiger partial charge in [0, 0.05) is 25.9 Å². The van der Waals surface area contributed by atoms with Gasteiger partial charge in [-0.05, 0) is 0 Å². The third-order valence-electron chi connectivity index (χ3n) is 0.204. The zero-order valence-corrected chi connectivity index (χ0v) is 6.10. The Bertz CT molecular complexity index is 37.3. The van der Waals surface area contributed by atoms with Crippen LogP contribution in [0.2, 0.25) is 0 Å². The van der Waals surface area contributed by atoms with Crippen LogP contribution in [0.3, 0.4) is 0 Å². The van der Waals surface area contributed by atoms with E-state index in [4.69, 9.17) is 6.42 Å². The normalized spacial score (nSPS) is 3.33. The fraction of sp³-hybridized carbons (Fsp3) is 0.500. The molecule has 2 heteroatoms. The number of terminal acetylenes is 1. The minimum Gasteiger partial charge on any atom is -0.147 e. The van der Waals surface area contributed by atoms with Gasteiger partial charge >= 0.3 is 0 Å². The first kappa shape index (κ1) is 16.1. The molecule has 38 valence electrons. The first-order valence-corrected chi connectivity index (χ1v) is 1.35. The summed E-state index contributed by atoms with van der Waals surface area (Å²) in [5.41, 5.74) is 0. The molecule has 0 nitrogen and oxygen atoms in total. The van der Waals surface area contributed by atoms with Crippen LogP contribution in [-0.4, -0.2) is 0 Å². The maximum Gasteiger partial charge on any atom is 0.00576 e. The first-order valence-electron chi connectivity index (χ1n) is 1.35. The first-order chi connectivity index (χ1) is 1.91. The molecular weight excluding hydrogens is 185 g/mol. The fourth-order valence-corrected chi connectivity index (χ4v) is 0. The summed E-state index contributed by atoms with van der Waals surface area (Å²) < 4.78 is 0.